The predicted octanol–water partition coefficient (Wildman–Crippen LogP) is 2.94. The van der Waals surface area contributed by atoms with Crippen LogP contribution in [-0.2, 0) is 11.3 Å². The second-order valence-corrected chi connectivity index (χ2v) is 7.49. The van der Waals surface area contributed by atoms with E-state index in [0.29, 0.717) is 18.7 Å². The quantitative estimate of drug-likeness (QED) is 0.656. The Kier molecular flexibility index (Phi) is 6.82. The molecule has 30 heavy (non-hydrogen) atoms. The lowest BCUT2D eigenvalue weighted by molar-refractivity contribution is -0.0110. The zero-order chi connectivity index (χ0) is 20.6. The van der Waals surface area contributed by atoms with Crippen molar-refractivity contribution in [1.29, 1.82) is 0 Å². The second-order valence-electron chi connectivity index (χ2n) is 7.49. The number of ether oxygens (including phenoxy) is 2. The molecule has 0 spiro atoms. The van der Waals surface area contributed by atoms with Crippen LogP contribution in [0.3, 0.4) is 0 Å². The first-order valence-corrected chi connectivity index (χ1v) is 10.5. The molecule has 158 valence electrons. The fraction of sp³-hybridized carbons (Fsp3) is 0.391. The van der Waals surface area contributed by atoms with E-state index in [-0.39, 0.29) is 12.0 Å². The minimum Gasteiger partial charge on any atom is -0.491 e. The Bertz CT molecular complexity index is 859. The number of nitrogens with one attached hydrogen (secondary N) is 3. The maximum Gasteiger partial charge on any atom is 0.251 e. The molecule has 2 aromatic rings. The molecular weight excluding hydrogens is 380 g/mol. The maximum atomic E-state index is 12.4. The number of hydrogen-bond donors (Lipinski definition) is 3. The summed E-state index contributed by atoms with van der Waals surface area (Å²) in [6.45, 7) is 3.51. The molecule has 0 aliphatic carbocycles. The van der Waals surface area contributed by atoms with Crippen LogP contribution in [0.1, 0.15) is 35.2 Å². The van der Waals surface area contributed by atoms with Crippen molar-refractivity contribution in [3.05, 3.63) is 59.7 Å². The monoisotopic (exact) mass is 408 g/mol. The van der Waals surface area contributed by atoms with Gasteiger partial charge < -0.3 is 25.4 Å². The second kappa shape index (κ2) is 10.1. The molecule has 0 saturated carbocycles. The molecule has 0 aromatic heterocycles. The van der Waals surface area contributed by atoms with E-state index in [1.165, 1.54) is 6.42 Å². The first kappa shape index (κ1) is 20.2. The largest absolute Gasteiger partial charge is 0.491 e. The fourth-order valence-electron chi connectivity index (χ4n) is 3.44. The molecular formula is C23H28N4O3. The molecule has 7 heteroatoms. The lowest BCUT2D eigenvalue weighted by atomic mass is 10.1. The van der Waals surface area contributed by atoms with Gasteiger partial charge in [0.15, 0.2) is 5.96 Å². The van der Waals surface area contributed by atoms with Gasteiger partial charge in [-0.05, 0) is 61.2 Å². The highest BCUT2D eigenvalue weighted by Gasteiger charge is 2.14. The minimum atomic E-state index is -0.108. The number of amides is 1. The Morgan fingerprint density at radius 1 is 1.13 bits per heavy atom. The van der Waals surface area contributed by atoms with E-state index in [0.717, 1.165) is 55.5 Å². The van der Waals surface area contributed by atoms with E-state index in [1.807, 2.05) is 36.4 Å². The van der Waals surface area contributed by atoms with Gasteiger partial charge in [-0.3, -0.25) is 9.79 Å². The van der Waals surface area contributed by atoms with Crippen LogP contribution in [0, 0.1) is 0 Å². The van der Waals surface area contributed by atoms with Gasteiger partial charge in [0.1, 0.15) is 12.4 Å². The lowest BCUT2D eigenvalue weighted by Gasteiger charge is -2.22. The molecule has 0 bridgehead atoms. The number of nitrogens with zero attached hydrogens (tertiary/aromatic N) is 1. The summed E-state index contributed by atoms with van der Waals surface area (Å²) in [6, 6.07) is 15.2. The average molecular weight is 409 g/mol. The van der Waals surface area contributed by atoms with Crippen molar-refractivity contribution in [2.75, 3.05) is 31.6 Å². The Labute approximate surface area is 176 Å². The molecule has 2 aliphatic heterocycles. The van der Waals surface area contributed by atoms with Crippen LogP contribution in [0.5, 0.6) is 5.75 Å². The van der Waals surface area contributed by atoms with Gasteiger partial charge in [-0.2, -0.15) is 0 Å². The number of rotatable bonds is 7. The smallest absolute Gasteiger partial charge is 0.251 e. The van der Waals surface area contributed by atoms with Crippen LogP contribution in [0.4, 0.5) is 5.69 Å². The van der Waals surface area contributed by atoms with Crippen molar-refractivity contribution in [3.63, 3.8) is 0 Å². The third kappa shape index (κ3) is 5.73. The standard InChI is InChI=1S/C23H28N4O3/c28-22(18-6-10-20(11-7-18)30-16-21-3-1-2-14-29-21)26-15-17-4-8-19(9-5-17)27-23-24-12-13-25-23/h4-11,21H,1-3,12-16H2,(H,26,28)(H2,24,25,27). The first-order valence-electron chi connectivity index (χ1n) is 10.5. The van der Waals surface area contributed by atoms with Gasteiger partial charge in [-0.15, -0.1) is 0 Å². The Balaban J connectivity index is 1.22. The minimum absolute atomic E-state index is 0.108. The van der Waals surface area contributed by atoms with Crippen LogP contribution in [-0.4, -0.2) is 44.3 Å². The molecule has 1 unspecified atom stereocenters. The summed E-state index contributed by atoms with van der Waals surface area (Å²) in [6.07, 6.45) is 3.54. The lowest BCUT2D eigenvalue weighted by Crippen LogP contribution is -2.26. The Hall–Kier alpha value is -3.06. The number of carbonyl (C=O) groups is 1. The number of anilines is 1. The third-order valence-electron chi connectivity index (χ3n) is 5.17. The zero-order valence-corrected chi connectivity index (χ0v) is 17.0. The van der Waals surface area contributed by atoms with E-state index in [9.17, 15) is 4.79 Å². The van der Waals surface area contributed by atoms with Crippen LogP contribution in [0.15, 0.2) is 53.5 Å². The van der Waals surface area contributed by atoms with Gasteiger partial charge in [0, 0.05) is 30.9 Å². The topological polar surface area (TPSA) is 84.0 Å². The summed E-state index contributed by atoms with van der Waals surface area (Å²) >= 11 is 0. The number of guanidine groups is 1. The molecule has 1 amide bonds. The molecule has 2 aromatic carbocycles. The summed E-state index contributed by atoms with van der Waals surface area (Å²) in [4.78, 5) is 16.7. The molecule has 2 aliphatic rings. The van der Waals surface area contributed by atoms with E-state index < -0.39 is 0 Å². The van der Waals surface area contributed by atoms with Crippen LogP contribution >= 0.6 is 0 Å². The van der Waals surface area contributed by atoms with Gasteiger partial charge in [0.05, 0.1) is 12.6 Å². The van der Waals surface area contributed by atoms with Crippen LogP contribution in [0.2, 0.25) is 0 Å². The summed E-state index contributed by atoms with van der Waals surface area (Å²) in [5, 5.41) is 9.35. The summed E-state index contributed by atoms with van der Waals surface area (Å²) in [5.41, 5.74) is 2.61. The van der Waals surface area contributed by atoms with Gasteiger partial charge in [0.2, 0.25) is 0 Å². The first-order chi connectivity index (χ1) is 14.8. The normalized spacial score (nSPS) is 18.3. The van der Waals surface area contributed by atoms with Crippen molar-refractivity contribution >= 4 is 17.6 Å². The fourth-order valence-corrected chi connectivity index (χ4v) is 3.44. The molecule has 7 nitrogen and oxygen atoms in total. The average Bonchev–Trinajstić information content (AvgIpc) is 3.31. The number of hydrogen-bond acceptors (Lipinski definition) is 6. The SMILES string of the molecule is O=C(NCc1ccc(NC2=NCCN2)cc1)c1ccc(OCC2CCCCO2)cc1. The van der Waals surface area contributed by atoms with Gasteiger partial charge >= 0.3 is 0 Å². The number of aliphatic imine (C=N–C) groups is 1. The van der Waals surface area contributed by atoms with Gasteiger partial charge in [0.25, 0.3) is 5.91 Å². The van der Waals surface area contributed by atoms with Crippen molar-refractivity contribution in [3.8, 4) is 5.75 Å². The molecule has 2 heterocycles. The molecule has 1 atom stereocenters. The molecule has 3 N–H and O–H groups in total. The third-order valence-corrected chi connectivity index (χ3v) is 5.17. The maximum absolute atomic E-state index is 12.4. The van der Waals surface area contributed by atoms with E-state index in [2.05, 4.69) is 20.9 Å². The zero-order valence-electron chi connectivity index (χ0n) is 17.0. The highest BCUT2D eigenvalue weighted by atomic mass is 16.5. The Morgan fingerprint density at radius 3 is 2.67 bits per heavy atom. The molecule has 4 rings (SSSR count). The van der Waals surface area contributed by atoms with Crippen molar-refractivity contribution < 1.29 is 14.3 Å². The molecule has 1 fully saturated rings. The summed E-state index contributed by atoms with van der Waals surface area (Å²) in [5.74, 6) is 1.45. The predicted molar refractivity (Wildman–Crippen MR) is 117 cm³/mol. The molecule has 0 radical (unpaired) electrons. The van der Waals surface area contributed by atoms with E-state index >= 15 is 0 Å². The van der Waals surface area contributed by atoms with Gasteiger partial charge in [-0.25, -0.2) is 0 Å². The number of carbonyl (C=O) groups excluding carboxylic acids is 1. The van der Waals surface area contributed by atoms with Crippen LogP contribution in [0.25, 0.3) is 0 Å². The Morgan fingerprint density at radius 2 is 1.97 bits per heavy atom. The number of benzene rings is 2. The highest BCUT2D eigenvalue weighted by molar-refractivity contribution is 5.95. The van der Waals surface area contributed by atoms with Crippen molar-refractivity contribution in [1.82, 2.24) is 10.6 Å². The van der Waals surface area contributed by atoms with Crippen molar-refractivity contribution in [2.24, 2.45) is 4.99 Å². The summed E-state index contributed by atoms with van der Waals surface area (Å²) < 4.78 is 11.5. The van der Waals surface area contributed by atoms with E-state index in [4.69, 9.17) is 9.47 Å². The molecule has 1 saturated heterocycles. The van der Waals surface area contributed by atoms with Crippen LogP contribution < -0.4 is 20.7 Å². The van der Waals surface area contributed by atoms with Crippen molar-refractivity contribution in [2.45, 2.75) is 31.9 Å². The van der Waals surface area contributed by atoms with E-state index in [1.54, 1.807) is 12.1 Å². The van der Waals surface area contributed by atoms with Gasteiger partial charge in [-0.1, -0.05) is 12.1 Å². The highest BCUT2D eigenvalue weighted by Crippen LogP contribution is 2.17. The summed E-state index contributed by atoms with van der Waals surface area (Å²) in [7, 11) is 0.